The van der Waals surface area contributed by atoms with Crippen LogP contribution < -0.4 is 5.73 Å². The van der Waals surface area contributed by atoms with E-state index in [1.165, 1.54) is 0 Å². The molecule has 1 heterocycles. The molecular formula is C13H15Cl2N3. The summed E-state index contributed by atoms with van der Waals surface area (Å²) < 4.78 is 0. The van der Waals surface area contributed by atoms with Crippen molar-refractivity contribution in [3.05, 3.63) is 40.3 Å². The van der Waals surface area contributed by atoms with Crippen LogP contribution in [0.5, 0.6) is 0 Å². The predicted molar refractivity (Wildman–Crippen MR) is 75.8 cm³/mol. The first kappa shape index (κ1) is 13.4. The zero-order chi connectivity index (χ0) is 13.3. The van der Waals surface area contributed by atoms with Crippen LogP contribution in [-0.4, -0.2) is 9.97 Å². The van der Waals surface area contributed by atoms with Gasteiger partial charge in [0.05, 0.1) is 23.0 Å². The number of nitrogens with two attached hydrogens (primary N) is 1. The summed E-state index contributed by atoms with van der Waals surface area (Å²) in [4.78, 5) is 7.50. The Morgan fingerprint density at radius 2 is 2.00 bits per heavy atom. The number of benzene rings is 1. The number of nitrogens with one attached hydrogen (secondary N) is 1. The van der Waals surface area contributed by atoms with Gasteiger partial charge in [-0.3, -0.25) is 0 Å². The standard InChI is InChI=1S/C13H15Cl2N3/c1-7(2)12(16)13-17-6-11(18-13)9-5-8(14)3-4-10(9)15/h3-7,12H,16H2,1-2H3,(H,17,18). The van der Waals surface area contributed by atoms with Gasteiger partial charge >= 0.3 is 0 Å². The second kappa shape index (κ2) is 5.31. The maximum absolute atomic E-state index is 6.14. The smallest absolute Gasteiger partial charge is 0.123 e. The van der Waals surface area contributed by atoms with Crippen molar-refractivity contribution in [2.75, 3.05) is 0 Å². The summed E-state index contributed by atoms with van der Waals surface area (Å²) in [6.07, 6.45) is 1.73. The summed E-state index contributed by atoms with van der Waals surface area (Å²) in [7, 11) is 0. The number of imidazole rings is 1. The third-order valence-corrected chi connectivity index (χ3v) is 3.41. The Morgan fingerprint density at radius 3 is 2.67 bits per heavy atom. The zero-order valence-corrected chi connectivity index (χ0v) is 11.8. The molecule has 0 fully saturated rings. The summed E-state index contributed by atoms with van der Waals surface area (Å²) in [5.74, 6) is 1.08. The van der Waals surface area contributed by atoms with Gasteiger partial charge in [0.25, 0.3) is 0 Å². The minimum atomic E-state index is -0.114. The van der Waals surface area contributed by atoms with E-state index < -0.39 is 0 Å². The lowest BCUT2D eigenvalue weighted by Gasteiger charge is -2.12. The van der Waals surface area contributed by atoms with E-state index in [0.29, 0.717) is 16.0 Å². The molecule has 0 spiro atoms. The molecule has 0 bridgehead atoms. The van der Waals surface area contributed by atoms with E-state index in [2.05, 4.69) is 23.8 Å². The van der Waals surface area contributed by atoms with Gasteiger partial charge in [-0.2, -0.15) is 0 Å². The molecule has 1 aromatic carbocycles. The van der Waals surface area contributed by atoms with E-state index >= 15 is 0 Å². The Balaban J connectivity index is 2.38. The molecule has 2 rings (SSSR count). The van der Waals surface area contributed by atoms with Gasteiger partial charge in [0.1, 0.15) is 5.82 Å². The highest BCUT2D eigenvalue weighted by molar-refractivity contribution is 6.35. The lowest BCUT2D eigenvalue weighted by atomic mass is 10.1. The largest absolute Gasteiger partial charge is 0.341 e. The number of aromatic amines is 1. The Kier molecular flexibility index (Phi) is 3.95. The van der Waals surface area contributed by atoms with Gasteiger partial charge < -0.3 is 10.7 Å². The fourth-order valence-corrected chi connectivity index (χ4v) is 2.05. The van der Waals surface area contributed by atoms with Crippen LogP contribution in [0.15, 0.2) is 24.4 Å². The molecule has 0 amide bonds. The van der Waals surface area contributed by atoms with Crippen molar-refractivity contribution in [3.63, 3.8) is 0 Å². The van der Waals surface area contributed by atoms with Crippen LogP contribution in [0, 0.1) is 5.92 Å². The van der Waals surface area contributed by atoms with Crippen LogP contribution in [0.3, 0.4) is 0 Å². The SMILES string of the molecule is CC(C)C(N)c1ncc(-c2cc(Cl)ccc2Cl)[nH]1. The van der Waals surface area contributed by atoms with Gasteiger partial charge in [-0.1, -0.05) is 37.0 Å². The van der Waals surface area contributed by atoms with Crippen molar-refractivity contribution < 1.29 is 0 Å². The maximum Gasteiger partial charge on any atom is 0.123 e. The normalized spacial score (nSPS) is 13.0. The summed E-state index contributed by atoms with van der Waals surface area (Å²) in [5, 5.41) is 1.27. The zero-order valence-electron chi connectivity index (χ0n) is 10.2. The molecule has 0 saturated carbocycles. The highest BCUT2D eigenvalue weighted by Crippen LogP contribution is 2.30. The molecule has 0 saturated heterocycles. The van der Waals surface area contributed by atoms with Crippen LogP contribution in [0.2, 0.25) is 10.0 Å². The maximum atomic E-state index is 6.14. The van der Waals surface area contributed by atoms with E-state index in [0.717, 1.165) is 17.1 Å². The molecule has 0 aliphatic heterocycles. The topological polar surface area (TPSA) is 54.7 Å². The average molecular weight is 284 g/mol. The highest BCUT2D eigenvalue weighted by atomic mass is 35.5. The second-order valence-electron chi connectivity index (χ2n) is 4.58. The summed E-state index contributed by atoms with van der Waals surface area (Å²) >= 11 is 12.1. The van der Waals surface area contributed by atoms with Crippen molar-refractivity contribution in [1.29, 1.82) is 0 Å². The van der Waals surface area contributed by atoms with Crippen molar-refractivity contribution in [1.82, 2.24) is 9.97 Å². The van der Waals surface area contributed by atoms with E-state index in [1.54, 1.807) is 18.3 Å². The number of hydrogen-bond donors (Lipinski definition) is 2. The van der Waals surface area contributed by atoms with E-state index in [-0.39, 0.29) is 6.04 Å². The van der Waals surface area contributed by atoms with Crippen molar-refractivity contribution in [2.45, 2.75) is 19.9 Å². The number of aromatic nitrogens is 2. The van der Waals surface area contributed by atoms with E-state index in [9.17, 15) is 0 Å². The first-order chi connectivity index (χ1) is 8.49. The molecule has 96 valence electrons. The van der Waals surface area contributed by atoms with Crippen LogP contribution >= 0.6 is 23.2 Å². The Morgan fingerprint density at radius 1 is 1.28 bits per heavy atom. The first-order valence-electron chi connectivity index (χ1n) is 5.75. The molecule has 18 heavy (non-hydrogen) atoms. The Bertz CT molecular complexity index is 549. The van der Waals surface area contributed by atoms with Gasteiger partial charge in [-0.05, 0) is 24.1 Å². The summed E-state index contributed by atoms with van der Waals surface area (Å²) in [6, 6.07) is 5.21. The molecule has 3 nitrogen and oxygen atoms in total. The van der Waals surface area contributed by atoms with Crippen LogP contribution in [0.1, 0.15) is 25.7 Å². The first-order valence-corrected chi connectivity index (χ1v) is 6.50. The molecule has 1 aromatic heterocycles. The Labute approximate surface area is 116 Å². The van der Waals surface area contributed by atoms with Crippen LogP contribution in [0.4, 0.5) is 0 Å². The van der Waals surface area contributed by atoms with E-state index in [4.69, 9.17) is 28.9 Å². The van der Waals surface area contributed by atoms with Gasteiger partial charge in [0.15, 0.2) is 0 Å². The third kappa shape index (κ3) is 2.69. The van der Waals surface area contributed by atoms with Crippen LogP contribution in [0.25, 0.3) is 11.3 Å². The molecule has 1 atom stereocenters. The minimum absolute atomic E-state index is 0.114. The third-order valence-electron chi connectivity index (χ3n) is 2.85. The number of nitrogens with zero attached hydrogens (tertiary/aromatic N) is 1. The van der Waals surface area contributed by atoms with Gasteiger partial charge in [-0.15, -0.1) is 0 Å². The van der Waals surface area contributed by atoms with Crippen molar-refractivity contribution in [2.24, 2.45) is 11.7 Å². The fourth-order valence-electron chi connectivity index (χ4n) is 1.66. The molecule has 1 unspecified atom stereocenters. The molecule has 0 aliphatic rings. The number of H-pyrrole nitrogens is 1. The molecule has 2 aromatic rings. The predicted octanol–water partition coefficient (Wildman–Crippen LogP) is 4.04. The fraction of sp³-hybridized carbons (Fsp3) is 0.308. The van der Waals surface area contributed by atoms with Crippen LogP contribution in [-0.2, 0) is 0 Å². The molecule has 3 N–H and O–H groups in total. The van der Waals surface area contributed by atoms with Gasteiger partial charge in [0, 0.05) is 10.6 Å². The second-order valence-corrected chi connectivity index (χ2v) is 5.42. The lowest BCUT2D eigenvalue weighted by Crippen LogP contribution is -2.18. The Hall–Kier alpha value is -1.03. The molecule has 0 radical (unpaired) electrons. The minimum Gasteiger partial charge on any atom is -0.341 e. The van der Waals surface area contributed by atoms with Crippen molar-refractivity contribution >= 4 is 23.2 Å². The molecular weight excluding hydrogens is 269 g/mol. The number of rotatable bonds is 3. The monoisotopic (exact) mass is 283 g/mol. The summed E-state index contributed by atoms with van der Waals surface area (Å²) in [6.45, 7) is 4.11. The molecule has 0 aliphatic carbocycles. The number of hydrogen-bond acceptors (Lipinski definition) is 2. The summed E-state index contributed by atoms with van der Waals surface area (Å²) in [5.41, 5.74) is 7.70. The van der Waals surface area contributed by atoms with Crippen molar-refractivity contribution in [3.8, 4) is 11.3 Å². The quantitative estimate of drug-likeness (QED) is 0.893. The van der Waals surface area contributed by atoms with Gasteiger partial charge in [0.2, 0.25) is 0 Å². The lowest BCUT2D eigenvalue weighted by molar-refractivity contribution is 0.494. The average Bonchev–Trinajstić information content (AvgIpc) is 2.80. The van der Waals surface area contributed by atoms with Gasteiger partial charge in [-0.25, -0.2) is 4.98 Å². The highest BCUT2D eigenvalue weighted by Gasteiger charge is 2.15. The molecule has 5 heteroatoms. The number of halogens is 2. The van der Waals surface area contributed by atoms with E-state index in [1.807, 2.05) is 6.07 Å².